The van der Waals surface area contributed by atoms with Crippen molar-refractivity contribution in [3.8, 4) is 11.4 Å². The van der Waals surface area contributed by atoms with Crippen molar-refractivity contribution in [3.63, 3.8) is 0 Å². The second-order valence-electron chi connectivity index (χ2n) is 5.45. The van der Waals surface area contributed by atoms with Crippen molar-refractivity contribution in [3.05, 3.63) is 48.3 Å². The fourth-order valence-corrected chi connectivity index (χ4v) is 2.03. The van der Waals surface area contributed by atoms with Crippen LogP contribution in [-0.4, -0.2) is 36.0 Å². The van der Waals surface area contributed by atoms with E-state index in [2.05, 4.69) is 25.6 Å². The molecule has 3 aromatic rings. The van der Waals surface area contributed by atoms with Gasteiger partial charge in [-0.3, -0.25) is 0 Å². The molecule has 0 saturated heterocycles. The van der Waals surface area contributed by atoms with Gasteiger partial charge in [0.15, 0.2) is 0 Å². The standard InChI is InChI=1S/C16H16N6O2/c1-10(2)22-9-14(20-21-22)13-7-8-17-16(19-13)18-12-5-3-11(4-6-12)15(23)24/h3-10H,1-2H3,(H,23,24)(H,17,18,19). The summed E-state index contributed by atoms with van der Waals surface area (Å²) in [5.74, 6) is -0.567. The average Bonchev–Trinajstić information content (AvgIpc) is 3.06. The maximum atomic E-state index is 10.9. The maximum Gasteiger partial charge on any atom is 0.335 e. The topological polar surface area (TPSA) is 106 Å². The number of benzene rings is 1. The van der Waals surface area contributed by atoms with Crippen molar-refractivity contribution < 1.29 is 9.90 Å². The molecule has 2 aromatic heterocycles. The number of nitrogens with one attached hydrogen (secondary N) is 1. The third-order valence-electron chi connectivity index (χ3n) is 3.35. The minimum absolute atomic E-state index is 0.221. The van der Waals surface area contributed by atoms with Crippen molar-refractivity contribution in [2.45, 2.75) is 19.9 Å². The molecular weight excluding hydrogens is 308 g/mol. The fourth-order valence-electron chi connectivity index (χ4n) is 2.03. The second-order valence-corrected chi connectivity index (χ2v) is 5.45. The zero-order valence-corrected chi connectivity index (χ0v) is 13.2. The Morgan fingerprint density at radius 1 is 1.17 bits per heavy atom. The van der Waals surface area contributed by atoms with Gasteiger partial charge in [-0.15, -0.1) is 5.10 Å². The Kier molecular flexibility index (Phi) is 4.19. The van der Waals surface area contributed by atoms with E-state index in [9.17, 15) is 4.79 Å². The Hall–Kier alpha value is -3.29. The minimum Gasteiger partial charge on any atom is -0.478 e. The first-order chi connectivity index (χ1) is 11.5. The van der Waals surface area contributed by atoms with Gasteiger partial charge in [-0.25, -0.2) is 19.4 Å². The summed E-state index contributed by atoms with van der Waals surface area (Å²) in [4.78, 5) is 19.4. The van der Waals surface area contributed by atoms with E-state index in [0.717, 1.165) is 0 Å². The monoisotopic (exact) mass is 324 g/mol. The molecular formula is C16H16N6O2. The molecule has 0 radical (unpaired) electrons. The van der Waals surface area contributed by atoms with Gasteiger partial charge in [0.1, 0.15) is 5.69 Å². The van der Waals surface area contributed by atoms with Gasteiger partial charge in [0.05, 0.1) is 17.5 Å². The van der Waals surface area contributed by atoms with Crippen molar-refractivity contribution in [1.29, 1.82) is 0 Å². The molecule has 0 aliphatic heterocycles. The summed E-state index contributed by atoms with van der Waals surface area (Å²) in [5.41, 5.74) is 2.24. The number of nitrogens with zero attached hydrogens (tertiary/aromatic N) is 5. The van der Waals surface area contributed by atoms with E-state index >= 15 is 0 Å². The minimum atomic E-state index is -0.965. The lowest BCUT2D eigenvalue weighted by atomic mass is 10.2. The van der Waals surface area contributed by atoms with Crippen LogP contribution in [0.2, 0.25) is 0 Å². The van der Waals surface area contributed by atoms with E-state index in [1.165, 1.54) is 12.1 Å². The first kappa shape index (κ1) is 15.6. The predicted octanol–water partition coefficient (Wildman–Crippen LogP) is 2.76. The Balaban J connectivity index is 1.80. The van der Waals surface area contributed by atoms with Crippen LogP contribution in [0.3, 0.4) is 0 Å². The summed E-state index contributed by atoms with van der Waals surface area (Å²) < 4.78 is 1.76. The molecule has 2 N–H and O–H groups in total. The number of aromatic nitrogens is 5. The first-order valence-corrected chi connectivity index (χ1v) is 7.38. The first-order valence-electron chi connectivity index (χ1n) is 7.38. The summed E-state index contributed by atoms with van der Waals surface area (Å²) in [6, 6.07) is 8.33. The summed E-state index contributed by atoms with van der Waals surface area (Å²) in [6.45, 7) is 4.04. The van der Waals surface area contributed by atoms with E-state index in [1.54, 1.807) is 29.1 Å². The highest BCUT2D eigenvalue weighted by atomic mass is 16.4. The van der Waals surface area contributed by atoms with Crippen molar-refractivity contribution in [1.82, 2.24) is 25.0 Å². The maximum absolute atomic E-state index is 10.9. The van der Waals surface area contributed by atoms with Gasteiger partial charge in [-0.05, 0) is 44.2 Å². The summed E-state index contributed by atoms with van der Waals surface area (Å²) >= 11 is 0. The lowest BCUT2D eigenvalue weighted by Crippen LogP contribution is -2.00. The van der Waals surface area contributed by atoms with E-state index in [1.807, 2.05) is 20.0 Å². The molecule has 0 aliphatic carbocycles. The Morgan fingerprint density at radius 2 is 1.92 bits per heavy atom. The van der Waals surface area contributed by atoms with Gasteiger partial charge >= 0.3 is 5.97 Å². The van der Waals surface area contributed by atoms with Crippen LogP contribution in [0.5, 0.6) is 0 Å². The van der Waals surface area contributed by atoms with Gasteiger partial charge in [0, 0.05) is 17.9 Å². The molecule has 0 aliphatic rings. The SMILES string of the molecule is CC(C)n1cc(-c2ccnc(Nc3ccc(C(=O)O)cc3)n2)nn1. The van der Waals surface area contributed by atoms with Crippen LogP contribution < -0.4 is 5.32 Å². The lowest BCUT2D eigenvalue weighted by Gasteiger charge is -2.06. The largest absolute Gasteiger partial charge is 0.478 e. The quantitative estimate of drug-likeness (QED) is 0.743. The molecule has 24 heavy (non-hydrogen) atoms. The highest BCUT2D eigenvalue weighted by molar-refractivity contribution is 5.88. The lowest BCUT2D eigenvalue weighted by molar-refractivity contribution is 0.0697. The van der Waals surface area contributed by atoms with E-state index in [4.69, 9.17) is 5.11 Å². The van der Waals surface area contributed by atoms with Crippen LogP contribution in [0, 0.1) is 0 Å². The van der Waals surface area contributed by atoms with E-state index in [0.29, 0.717) is 23.0 Å². The second kappa shape index (κ2) is 6.45. The molecule has 122 valence electrons. The summed E-state index contributed by atoms with van der Waals surface area (Å²) in [7, 11) is 0. The number of carbonyl (C=O) groups is 1. The van der Waals surface area contributed by atoms with Gasteiger partial charge < -0.3 is 10.4 Å². The molecule has 0 atom stereocenters. The molecule has 8 nitrogen and oxygen atoms in total. The van der Waals surface area contributed by atoms with E-state index < -0.39 is 5.97 Å². The Bertz CT molecular complexity index is 857. The number of carboxylic acid groups (broad SMARTS) is 1. The molecule has 1 aromatic carbocycles. The Labute approximate surface area is 138 Å². The van der Waals surface area contributed by atoms with Crippen LogP contribution in [-0.2, 0) is 0 Å². The molecule has 8 heteroatoms. The van der Waals surface area contributed by atoms with Crippen LogP contribution >= 0.6 is 0 Å². The molecule has 0 bridgehead atoms. The van der Waals surface area contributed by atoms with Gasteiger partial charge in [0.2, 0.25) is 5.95 Å². The van der Waals surface area contributed by atoms with Crippen LogP contribution in [0.1, 0.15) is 30.2 Å². The van der Waals surface area contributed by atoms with Crippen LogP contribution in [0.25, 0.3) is 11.4 Å². The van der Waals surface area contributed by atoms with Crippen LogP contribution in [0.4, 0.5) is 11.6 Å². The highest BCUT2D eigenvalue weighted by Gasteiger charge is 2.09. The third kappa shape index (κ3) is 3.37. The molecule has 0 amide bonds. The average molecular weight is 324 g/mol. The van der Waals surface area contributed by atoms with Crippen molar-refractivity contribution in [2.75, 3.05) is 5.32 Å². The number of anilines is 2. The number of hydrogen-bond acceptors (Lipinski definition) is 6. The zero-order valence-electron chi connectivity index (χ0n) is 13.2. The summed E-state index contributed by atoms with van der Waals surface area (Å²) in [5, 5.41) is 20.1. The van der Waals surface area contributed by atoms with E-state index in [-0.39, 0.29) is 11.6 Å². The molecule has 0 saturated carbocycles. The summed E-state index contributed by atoms with van der Waals surface area (Å²) in [6.07, 6.45) is 3.46. The van der Waals surface area contributed by atoms with Crippen LogP contribution in [0.15, 0.2) is 42.7 Å². The fraction of sp³-hybridized carbons (Fsp3) is 0.188. The van der Waals surface area contributed by atoms with Crippen molar-refractivity contribution in [2.24, 2.45) is 0 Å². The number of hydrogen-bond donors (Lipinski definition) is 2. The smallest absolute Gasteiger partial charge is 0.335 e. The van der Waals surface area contributed by atoms with Gasteiger partial charge in [0.25, 0.3) is 0 Å². The molecule has 0 spiro atoms. The normalized spacial score (nSPS) is 10.8. The molecule has 2 heterocycles. The number of rotatable bonds is 5. The third-order valence-corrected chi connectivity index (χ3v) is 3.35. The van der Waals surface area contributed by atoms with Gasteiger partial charge in [-0.1, -0.05) is 5.21 Å². The number of carboxylic acids is 1. The van der Waals surface area contributed by atoms with Crippen molar-refractivity contribution >= 4 is 17.6 Å². The molecule has 0 unspecified atom stereocenters. The zero-order chi connectivity index (χ0) is 17.1. The molecule has 3 rings (SSSR count). The predicted molar refractivity (Wildman–Crippen MR) is 88.1 cm³/mol. The Morgan fingerprint density at radius 3 is 2.54 bits per heavy atom. The highest BCUT2D eigenvalue weighted by Crippen LogP contribution is 2.18. The number of aromatic carboxylic acids is 1. The molecule has 0 fully saturated rings. The van der Waals surface area contributed by atoms with Gasteiger partial charge in [-0.2, -0.15) is 0 Å².